The second-order valence-corrected chi connectivity index (χ2v) is 14.2. The largest absolute Gasteiger partial charge is 0.295 e. The lowest BCUT2D eigenvalue weighted by molar-refractivity contribution is 0.732. The van der Waals surface area contributed by atoms with Crippen molar-refractivity contribution in [1.29, 1.82) is 0 Å². The Morgan fingerprint density at radius 2 is 1.42 bits per heavy atom. The molecule has 8 aromatic rings. The van der Waals surface area contributed by atoms with Gasteiger partial charge < -0.3 is 0 Å². The smallest absolute Gasteiger partial charge is 0.147 e. The highest BCUT2D eigenvalue weighted by Gasteiger charge is 2.23. The second-order valence-electron chi connectivity index (χ2n) is 12.0. The standard InChI is InChI=1S/C41H30N3P/c1-27-10-8-15-35-39-36(16-9-23-42-39)41-43-37-26-30(20-22-38(37)44(41)40(27)35)29-18-17-28-19-21-34(25-31(28)24-29)45(32-11-4-2-5-12-32)33-13-6-3-7-14-33/h2-9,11-27H,10H2,1H3. The first-order valence-corrected chi connectivity index (χ1v) is 16.9. The maximum atomic E-state index is 5.24. The van der Waals surface area contributed by atoms with Crippen LogP contribution in [0, 0.1) is 0 Å². The molecule has 4 heteroatoms. The fourth-order valence-corrected chi connectivity index (χ4v) is 9.36. The molecule has 0 N–H and O–H groups in total. The van der Waals surface area contributed by atoms with Crippen molar-refractivity contribution < 1.29 is 0 Å². The van der Waals surface area contributed by atoms with E-state index in [0.29, 0.717) is 5.92 Å². The Balaban J connectivity index is 1.19. The van der Waals surface area contributed by atoms with Gasteiger partial charge in [0.25, 0.3) is 0 Å². The van der Waals surface area contributed by atoms with Crippen molar-refractivity contribution in [1.82, 2.24) is 14.4 Å². The maximum absolute atomic E-state index is 5.24. The van der Waals surface area contributed by atoms with E-state index >= 15 is 0 Å². The third kappa shape index (κ3) is 4.30. The Labute approximate surface area is 263 Å². The van der Waals surface area contributed by atoms with Crippen LogP contribution in [-0.2, 0) is 0 Å². The van der Waals surface area contributed by atoms with Crippen LogP contribution in [0.4, 0.5) is 0 Å². The molecule has 45 heavy (non-hydrogen) atoms. The highest BCUT2D eigenvalue weighted by Crippen LogP contribution is 2.39. The number of hydrogen-bond acceptors (Lipinski definition) is 2. The van der Waals surface area contributed by atoms with Gasteiger partial charge in [-0.3, -0.25) is 9.38 Å². The summed E-state index contributed by atoms with van der Waals surface area (Å²) >= 11 is 0. The number of aromatic nitrogens is 3. The van der Waals surface area contributed by atoms with Crippen LogP contribution in [0.3, 0.4) is 0 Å². The van der Waals surface area contributed by atoms with Crippen LogP contribution in [-0.4, -0.2) is 14.4 Å². The Morgan fingerprint density at radius 3 is 2.22 bits per heavy atom. The molecule has 0 fully saturated rings. The van der Waals surface area contributed by atoms with Gasteiger partial charge in [0, 0.05) is 28.8 Å². The molecule has 0 saturated carbocycles. The number of nitrogens with zero attached hydrogens (tertiary/aromatic N) is 3. The molecule has 1 atom stereocenters. The number of allylic oxidation sites excluding steroid dienone is 1. The summed E-state index contributed by atoms with van der Waals surface area (Å²) in [6.07, 6.45) is 7.43. The average molecular weight is 596 g/mol. The van der Waals surface area contributed by atoms with Crippen molar-refractivity contribution in [2.75, 3.05) is 0 Å². The monoisotopic (exact) mass is 595 g/mol. The zero-order valence-electron chi connectivity index (χ0n) is 24.9. The Bertz CT molecular complexity index is 2390. The Kier molecular flexibility index (Phi) is 6.14. The SMILES string of the molecule is CC1CC=Cc2c1n1c3ccc(-c4ccc5ccc(P(c6ccccc6)c6ccccc6)cc5c4)cc3nc1c1cccnc21. The van der Waals surface area contributed by atoms with E-state index in [1.807, 2.05) is 12.3 Å². The summed E-state index contributed by atoms with van der Waals surface area (Å²) in [6.45, 7) is 2.31. The topological polar surface area (TPSA) is 30.2 Å². The molecule has 3 nitrogen and oxygen atoms in total. The highest BCUT2D eigenvalue weighted by atomic mass is 31.1. The predicted molar refractivity (Wildman–Crippen MR) is 192 cm³/mol. The fourth-order valence-electron chi connectivity index (χ4n) is 7.03. The number of hydrogen-bond donors (Lipinski definition) is 0. The minimum atomic E-state index is -0.664. The molecule has 5 aromatic carbocycles. The predicted octanol–water partition coefficient (Wildman–Crippen LogP) is 9.13. The van der Waals surface area contributed by atoms with Gasteiger partial charge in [-0.1, -0.05) is 110 Å². The van der Waals surface area contributed by atoms with Crippen LogP contribution in [0.25, 0.3) is 55.6 Å². The van der Waals surface area contributed by atoms with Crippen molar-refractivity contribution in [3.05, 3.63) is 151 Å². The van der Waals surface area contributed by atoms with Crippen molar-refractivity contribution in [2.45, 2.75) is 19.3 Å². The van der Waals surface area contributed by atoms with Crippen LogP contribution in [0.15, 0.2) is 140 Å². The molecule has 0 aliphatic heterocycles. The first kappa shape index (κ1) is 26.3. The lowest BCUT2D eigenvalue weighted by Gasteiger charge is -2.21. The van der Waals surface area contributed by atoms with E-state index in [1.165, 1.54) is 49.1 Å². The van der Waals surface area contributed by atoms with Gasteiger partial charge >= 0.3 is 0 Å². The van der Waals surface area contributed by atoms with Gasteiger partial charge in [-0.2, -0.15) is 0 Å². The molecule has 0 bridgehead atoms. The van der Waals surface area contributed by atoms with E-state index in [4.69, 9.17) is 9.97 Å². The first-order chi connectivity index (χ1) is 22.2. The normalized spacial score (nSPS) is 14.6. The molecule has 1 aliphatic rings. The number of fused-ring (bicyclic) bond motifs is 9. The van der Waals surface area contributed by atoms with Crippen molar-refractivity contribution in [3.8, 4) is 11.1 Å². The summed E-state index contributed by atoms with van der Waals surface area (Å²) in [5.74, 6) is 0.392. The minimum Gasteiger partial charge on any atom is -0.295 e. The van der Waals surface area contributed by atoms with Gasteiger partial charge in [-0.05, 0) is 88.6 Å². The molecule has 3 heterocycles. The summed E-state index contributed by atoms with van der Waals surface area (Å²) in [6, 6.07) is 46.6. The van der Waals surface area contributed by atoms with Gasteiger partial charge in [0.2, 0.25) is 0 Å². The minimum absolute atomic E-state index is 0.392. The van der Waals surface area contributed by atoms with E-state index in [9.17, 15) is 0 Å². The zero-order valence-corrected chi connectivity index (χ0v) is 25.8. The molecule has 9 rings (SSSR count). The van der Waals surface area contributed by atoms with E-state index in [2.05, 4.69) is 145 Å². The maximum Gasteiger partial charge on any atom is 0.147 e. The molecular weight excluding hydrogens is 565 g/mol. The van der Waals surface area contributed by atoms with E-state index < -0.39 is 7.92 Å². The summed E-state index contributed by atoms with van der Waals surface area (Å²) in [4.78, 5) is 10.0. The second kappa shape index (κ2) is 10.5. The van der Waals surface area contributed by atoms with Crippen LogP contribution in [0.5, 0.6) is 0 Å². The van der Waals surface area contributed by atoms with Crippen LogP contribution >= 0.6 is 7.92 Å². The van der Waals surface area contributed by atoms with Gasteiger partial charge in [-0.25, -0.2) is 4.98 Å². The van der Waals surface area contributed by atoms with E-state index in [-0.39, 0.29) is 0 Å². The molecule has 0 radical (unpaired) electrons. The molecule has 3 aromatic heterocycles. The molecule has 214 valence electrons. The number of imidazole rings is 1. The van der Waals surface area contributed by atoms with Crippen molar-refractivity contribution >= 4 is 68.3 Å². The molecule has 0 spiro atoms. The zero-order chi connectivity index (χ0) is 29.9. The molecule has 0 saturated heterocycles. The fraction of sp³-hybridized carbons (Fsp3) is 0.0732. The van der Waals surface area contributed by atoms with E-state index in [1.54, 1.807) is 0 Å². The first-order valence-electron chi connectivity index (χ1n) is 15.6. The quantitative estimate of drug-likeness (QED) is 0.190. The summed E-state index contributed by atoms with van der Waals surface area (Å²) in [5.41, 5.74) is 9.09. The van der Waals surface area contributed by atoms with Gasteiger partial charge in [-0.15, -0.1) is 0 Å². The molecule has 1 unspecified atom stereocenters. The van der Waals surface area contributed by atoms with Gasteiger partial charge in [0.15, 0.2) is 0 Å². The number of rotatable bonds is 4. The third-order valence-electron chi connectivity index (χ3n) is 9.16. The van der Waals surface area contributed by atoms with Crippen LogP contribution in [0.2, 0.25) is 0 Å². The summed E-state index contributed by atoms with van der Waals surface area (Å²) < 4.78 is 2.38. The average Bonchev–Trinajstić information content (AvgIpc) is 3.48. The van der Waals surface area contributed by atoms with Crippen molar-refractivity contribution in [3.63, 3.8) is 0 Å². The summed E-state index contributed by atoms with van der Waals surface area (Å²) in [7, 11) is -0.664. The molecule has 0 amide bonds. The van der Waals surface area contributed by atoms with Crippen LogP contribution in [0.1, 0.15) is 30.5 Å². The lowest BCUT2D eigenvalue weighted by Crippen LogP contribution is -2.20. The lowest BCUT2D eigenvalue weighted by atomic mass is 9.91. The third-order valence-corrected chi connectivity index (χ3v) is 11.6. The number of pyridine rings is 2. The van der Waals surface area contributed by atoms with E-state index in [0.717, 1.165) is 34.0 Å². The van der Waals surface area contributed by atoms with Crippen molar-refractivity contribution in [2.24, 2.45) is 0 Å². The highest BCUT2D eigenvalue weighted by molar-refractivity contribution is 7.79. The summed E-state index contributed by atoms with van der Waals surface area (Å²) in [5, 5.41) is 7.68. The Hall–Kier alpha value is -5.11. The Morgan fingerprint density at radius 1 is 0.689 bits per heavy atom. The van der Waals surface area contributed by atoms with Crippen LogP contribution < -0.4 is 15.9 Å². The number of benzene rings is 5. The molecule has 1 aliphatic carbocycles. The molecular formula is C41H30N3P. The van der Waals surface area contributed by atoms with Gasteiger partial charge in [0.1, 0.15) is 5.65 Å². The van der Waals surface area contributed by atoms with Gasteiger partial charge in [0.05, 0.1) is 16.6 Å².